The van der Waals surface area contributed by atoms with Crippen LogP contribution in [0.1, 0.15) is 5.56 Å². The van der Waals surface area contributed by atoms with Gasteiger partial charge >= 0.3 is 0 Å². The molecule has 0 atom stereocenters. The van der Waals surface area contributed by atoms with E-state index >= 15 is 0 Å². The molecule has 4 N–H and O–H groups in total. The summed E-state index contributed by atoms with van der Waals surface area (Å²) < 4.78 is 25.2. The molecule has 0 fully saturated rings. The van der Waals surface area contributed by atoms with E-state index in [9.17, 15) is 13.5 Å². The third-order valence-electron chi connectivity index (χ3n) is 4.83. The van der Waals surface area contributed by atoms with E-state index in [1.165, 1.54) is 12.1 Å². The fourth-order valence-electron chi connectivity index (χ4n) is 3.37. The van der Waals surface area contributed by atoms with Gasteiger partial charge in [0, 0.05) is 10.4 Å². The van der Waals surface area contributed by atoms with Crippen molar-refractivity contribution in [1.29, 1.82) is 0 Å². The lowest BCUT2D eigenvalue weighted by Gasteiger charge is -2.08. The van der Waals surface area contributed by atoms with Gasteiger partial charge in [-0.1, -0.05) is 54.1 Å². The van der Waals surface area contributed by atoms with E-state index in [0.29, 0.717) is 22.5 Å². The lowest BCUT2D eigenvalue weighted by molar-refractivity contribution is 0.429. The van der Waals surface area contributed by atoms with Gasteiger partial charge in [0.25, 0.3) is 0 Å². The third-order valence-corrected chi connectivity index (χ3v) is 6.22. The molecule has 4 rings (SSSR count). The lowest BCUT2D eigenvalue weighted by atomic mass is 10.2. The summed E-state index contributed by atoms with van der Waals surface area (Å²) in [5, 5.41) is 28.0. The number of primary sulfonamides is 1. The third kappa shape index (κ3) is 5.04. The highest BCUT2D eigenvalue weighted by molar-refractivity contribution is 7.89. The molecule has 0 bridgehead atoms. The van der Waals surface area contributed by atoms with Crippen molar-refractivity contribution in [2.24, 2.45) is 15.4 Å². The highest BCUT2D eigenvalue weighted by atomic mass is 35.5. The van der Waals surface area contributed by atoms with Crippen molar-refractivity contribution in [2.45, 2.75) is 11.4 Å². The first kappa shape index (κ1) is 22.9. The number of rotatable bonds is 5. The van der Waals surface area contributed by atoms with Crippen molar-refractivity contribution >= 4 is 61.2 Å². The minimum absolute atomic E-state index is 0.104. The first-order chi connectivity index (χ1) is 15.7. The maximum atomic E-state index is 11.8. The van der Waals surface area contributed by atoms with E-state index in [0.717, 1.165) is 5.56 Å². The molecule has 0 amide bonds. The summed E-state index contributed by atoms with van der Waals surface area (Å²) in [6.45, 7) is 0.392. The first-order valence-corrected chi connectivity index (χ1v) is 12.0. The number of sulfonamides is 1. The summed E-state index contributed by atoms with van der Waals surface area (Å²) in [5.74, 6) is -0.104. The molecule has 8 nitrogen and oxygen atoms in total. The van der Waals surface area contributed by atoms with Crippen LogP contribution in [-0.2, 0) is 16.6 Å². The molecule has 11 heteroatoms. The average Bonchev–Trinajstić information content (AvgIpc) is 3.03. The molecule has 0 saturated carbocycles. The van der Waals surface area contributed by atoms with Gasteiger partial charge in [0.1, 0.15) is 4.90 Å². The number of hydrogen-bond donors (Lipinski definition) is 3. The molecule has 0 aliphatic heterocycles. The Labute approximate surface area is 200 Å². The van der Waals surface area contributed by atoms with Crippen LogP contribution in [0, 0.1) is 0 Å². The van der Waals surface area contributed by atoms with Crippen LogP contribution in [0.3, 0.4) is 0 Å². The smallest absolute Gasteiger partial charge is 0.240 e. The minimum atomic E-state index is -3.96. The SMILES string of the molecule is NS(=O)(=O)c1ccccc1NC(=S)N=Nc1c(O)n(Cc2ccccc2)c2cc(Cl)ccc12. The van der Waals surface area contributed by atoms with Crippen LogP contribution in [0.15, 0.2) is 87.9 Å². The molecule has 33 heavy (non-hydrogen) atoms. The number of nitrogens with one attached hydrogen (secondary N) is 1. The lowest BCUT2D eigenvalue weighted by Crippen LogP contribution is -2.16. The number of halogens is 1. The van der Waals surface area contributed by atoms with Crippen LogP contribution in [0.25, 0.3) is 10.9 Å². The zero-order chi connectivity index (χ0) is 23.6. The van der Waals surface area contributed by atoms with Gasteiger partial charge in [-0.05, 0) is 48.1 Å². The van der Waals surface area contributed by atoms with E-state index < -0.39 is 10.0 Å². The van der Waals surface area contributed by atoms with Crippen LogP contribution in [0.4, 0.5) is 11.4 Å². The standard InChI is InChI=1S/C22H18ClN5O3S2/c23-15-10-11-16-18(12-15)28(13-14-6-2-1-3-7-14)21(29)20(16)26-27-22(32)25-17-8-4-5-9-19(17)33(24,30)31/h1-12,29H,13H2,(H,25,32)(H2,24,30,31). The Balaban J connectivity index is 1.68. The van der Waals surface area contributed by atoms with Crippen LogP contribution in [0.5, 0.6) is 5.88 Å². The monoisotopic (exact) mass is 499 g/mol. The van der Waals surface area contributed by atoms with E-state index in [-0.39, 0.29) is 27.3 Å². The minimum Gasteiger partial charge on any atom is -0.493 e. The number of azo groups is 1. The van der Waals surface area contributed by atoms with Crippen molar-refractivity contribution in [2.75, 3.05) is 5.32 Å². The summed E-state index contributed by atoms with van der Waals surface area (Å²) in [4.78, 5) is -0.125. The first-order valence-electron chi connectivity index (χ1n) is 9.63. The maximum absolute atomic E-state index is 11.8. The number of aromatic hydroxyl groups is 1. The molecule has 0 spiro atoms. The second-order valence-corrected chi connectivity index (χ2v) is 9.43. The number of hydrogen-bond acceptors (Lipinski definition) is 5. The number of anilines is 1. The molecule has 1 aromatic heterocycles. The quantitative estimate of drug-likeness (QED) is 0.258. The number of nitrogens with zero attached hydrogens (tertiary/aromatic N) is 3. The largest absolute Gasteiger partial charge is 0.493 e. The number of para-hydroxylation sites is 1. The van der Waals surface area contributed by atoms with Gasteiger partial charge in [0.2, 0.25) is 21.0 Å². The molecule has 0 aliphatic rings. The summed E-state index contributed by atoms with van der Waals surface area (Å²) in [5.41, 5.74) is 2.04. The maximum Gasteiger partial charge on any atom is 0.240 e. The molecule has 1 heterocycles. The van der Waals surface area contributed by atoms with E-state index in [4.69, 9.17) is 29.0 Å². The van der Waals surface area contributed by atoms with Gasteiger partial charge in [-0.3, -0.25) is 0 Å². The Hall–Kier alpha value is -3.31. The Morgan fingerprint density at radius 3 is 2.52 bits per heavy atom. The highest BCUT2D eigenvalue weighted by Crippen LogP contribution is 2.40. The van der Waals surface area contributed by atoms with Crippen molar-refractivity contribution in [3.8, 4) is 5.88 Å². The van der Waals surface area contributed by atoms with Crippen molar-refractivity contribution < 1.29 is 13.5 Å². The second-order valence-electron chi connectivity index (χ2n) is 7.08. The Morgan fingerprint density at radius 1 is 1.09 bits per heavy atom. The number of nitrogens with two attached hydrogens (primary N) is 1. The summed E-state index contributed by atoms with van der Waals surface area (Å²) in [6.07, 6.45) is 0. The van der Waals surface area contributed by atoms with E-state index in [1.807, 2.05) is 30.3 Å². The Morgan fingerprint density at radius 2 is 1.79 bits per heavy atom. The van der Waals surface area contributed by atoms with Crippen LogP contribution < -0.4 is 10.5 Å². The fraction of sp³-hybridized carbons (Fsp3) is 0.0455. The van der Waals surface area contributed by atoms with E-state index in [2.05, 4.69) is 15.5 Å². The molecule has 168 valence electrons. The molecule has 0 saturated heterocycles. The zero-order valence-corrected chi connectivity index (χ0v) is 19.4. The molecular weight excluding hydrogens is 482 g/mol. The number of thiocarbonyl (C=S) groups is 1. The summed E-state index contributed by atoms with van der Waals surface area (Å²) >= 11 is 11.4. The van der Waals surface area contributed by atoms with Gasteiger partial charge in [-0.15, -0.1) is 10.2 Å². The van der Waals surface area contributed by atoms with Gasteiger partial charge in [-0.2, -0.15) is 0 Å². The normalized spacial score (nSPS) is 11.8. The molecule has 4 aromatic rings. The summed E-state index contributed by atoms with van der Waals surface area (Å²) in [7, 11) is -3.96. The number of aromatic nitrogens is 1. The Kier molecular flexibility index (Phi) is 6.43. The Bertz CT molecular complexity index is 1480. The van der Waals surface area contributed by atoms with Gasteiger partial charge < -0.3 is 15.0 Å². The van der Waals surface area contributed by atoms with Crippen molar-refractivity contribution in [3.63, 3.8) is 0 Å². The van der Waals surface area contributed by atoms with Gasteiger partial charge in [0.15, 0.2) is 5.69 Å². The predicted octanol–water partition coefficient (Wildman–Crippen LogP) is 5.18. The molecular formula is C22H18ClN5O3S2. The average molecular weight is 500 g/mol. The molecule has 0 aliphatic carbocycles. The fourth-order valence-corrected chi connectivity index (χ4v) is 4.38. The predicted molar refractivity (Wildman–Crippen MR) is 133 cm³/mol. The number of benzene rings is 3. The zero-order valence-electron chi connectivity index (χ0n) is 17.0. The van der Waals surface area contributed by atoms with Crippen LogP contribution in [-0.4, -0.2) is 23.2 Å². The van der Waals surface area contributed by atoms with Gasteiger partial charge in [-0.25, -0.2) is 13.6 Å². The molecule has 0 radical (unpaired) electrons. The van der Waals surface area contributed by atoms with Crippen molar-refractivity contribution in [1.82, 2.24) is 4.57 Å². The van der Waals surface area contributed by atoms with E-state index in [1.54, 1.807) is 34.9 Å². The highest BCUT2D eigenvalue weighted by Gasteiger charge is 2.18. The van der Waals surface area contributed by atoms with Crippen LogP contribution >= 0.6 is 23.8 Å². The van der Waals surface area contributed by atoms with Crippen LogP contribution in [0.2, 0.25) is 5.02 Å². The summed E-state index contributed by atoms with van der Waals surface area (Å²) in [6, 6.07) is 20.8. The molecule has 3 aromatic carbocycles. The van der Waals surface area contributed by atoms with Crippen molar-refractivity contribution in [3.05, 3.63) is 83.4 Å². The topological polar surface area (TPSA) is 122 Å². The second kappa shape index (κ2) is 9.28. The molecule has 0 unspecified atom stereocenters. The number of fused-ring (bicyclic) bond motifs is 1. The van der Waals surface area contributed by atoms with Gasteiger partial charge in [0.05, 0.1) is 17.7 Å².